The number of fused-ring (bicyclic) bond motifs is 1. The molecule has 1 heterocycles. The number of likely N-dealkylation sites (N-methyl/N-ethyl adjacent to an activating group) is 1. The Morgan fingerprint density at radius 2 is 1.88 bits per heavy atom. The van der Waals surface area contributed by atoms with Crippen LogP contribution in [0, 0.1) is 6.92 Å². The van der Waals surface area contributed by atoms with E-state index in [1.54, 1.807) is 4.90 Å². The molecule has 0 radical (unpaired) electrons. The van der Waals surface area contributed by atoms with Gasteiger partial charge in [-0.05, 0) is 50.6 Å². The highest BCUT2D eigenvalue weighted by molar-refractivity contribution is 5.94. The predicted octanol–water partition coefficient (Wildman–Crippen LogP) is 4.13. The number of anilines is 1. The van der Waals surface area contributed by atoms with Gasteiger partial charge in [0.1, 0.15) is 5.82 Å². The second kappa shape index (κ2) is 6.48. The van der Waals surface area contributed by atoms with Crippen LogP contribution in [-0.2, 0) is 11.2 Å². The van der Waals surface area contributed by atoms with E-state index in [-0.39, 0.29) is 5.91 Å². The maximum absolute atomic E-state index is 12.5. The van der Waals surface area contributed by atoms with Crippen molar-refractivity contribution in [3.8, 4) is 0 Å². The largest absolute Gasteiger partial charge is 0.326 e. The fourth-order valence-corrected chi connectivity index (χ4v) is 3.12. The summed E-state index contributed by atoms with van der Waals surface area (Å²) >= 11 is 0. The van der Waals surface area contributed by atoms with Crippen molar-refractivity contribution in [1.29, 1.82) is 0 Å². The molecule has 0 fully saturated rings. The number of rotatable bonds is 4. The minimum atomic E-state index is 0.0700. The van der Waals surface area contributed by atoms with Gasteiger partial charge in [-0.1, -0.05) is 24.3 Å². The van der Waals surface area contributed by atoms with E-state index in [0.29, 0.717) is 12.5 Å². The van der Waals surface area contributed by atoms with Crippen LogP contribution in [0.3, 0.4) is 0 Å². The molecule has 1 amide bonds. The summed E-state index contributed by atoms with van der Waals surface area (Å²) in [5, 5.41) is 0. The molecule has 0 unspecified atom stereocenters. The molecule has 0 aliphatic carbocycles. The minimum absolute atomic E-state index is 0.0700. The first-order chi connectivity index (χ1) is 11.5. The van der Waals surface area contributed by atoms with Gasteiger partial charge >= 0.3 is 0 Å². The Labute approximate surface area is 142 Å². The average molecular weight is 321 g/mol. The number of amides is 1. The van der Waals surface area contributed by atoms with Crippen molar-refractivity contribution in [3.05, 3.63) is 59.9 Å². The Bertz CT molecular complexity index is 865. The highest BCUT2D eigenvalue weighted by atomic mass is 16.2. The maximum Gasteiger partial charge on any atom is 0.231 e. The van der Waals surface area contributed by atoms with Crippen LogP contribution in [0.25, 0.3) is 11.0 Å². The van der Waals surface area contributed by atoms with Crippen molar-refractivity contribution < 1.29 is 4.79 Å². The van der Waals surface area contributed by atoms with Crippen LogP contribution in [0.4, 0.5) is 5.69 Å². The third kappa shape index (κ3) is 3.04. The zero-order chi connectivity index (χ0) is 17.3. The first kappa shape index (κ1) is 16.2. The number of benzene rings is 2. The number of hydrogen-bond acceptors (Lipinski definition) is 2. The molecular weight excluding hydrogens is 298 g/mol. The van der Waals surface area contributed by atoms with Crippen LogP contribution < -0.4 is 4.90 Å². The summed E-state index contributed by atoms with van der Waals surface area (Å²) in [6, 6.07) is 16.2. The SMILES string of the molecule is Cc1nc2cc(CC(=O)N(C)c3ccccc3)ccc2n1C(C)C. The van der Waals surface area contributed by atoms with Crippen LogP contribution in [-0.4, -0.2) is 22.5 Å². The summed E-state index contributed by atoms with van der Waals surface area (Å²) < 4.78 is 2.22. The predicted molar refractivity (Wildman–Crippen MR) is 98.4 cm³/mol. The lowest BCUT2D eigenvalue weighted by atomic mass is 10.1. The molecule has 4 heteroatoms. The Kier molecular flexibility index (Phi) is 4.38. The number of carbonyl (C=O) groups is 1. The molecule has 4 nitrogen and oxygen atoms in total. The summed E-state index contributed by atoms with van der Waals surface area (Å²) in [5.74, 6) is 1.07. The molecule has 0 aliphatic rings. The van der Waals surface area contributed by atoms with Crippen molar-refractivity contribution in [2.75, 3.05) is 11.9 Å². The molecule has 0 bridgehead atoms. The molecular formula is C20H23N3O. The van der Waals surface area contributed by atoms with E-state index >= 15 is 0 Å². The van der Waals surface area contributed by atoms with Gasteiger partial charge in [-0.15, -0.1) is 0 Å². The third-order valence-electron chi connectivity index (χ3n) is 4.32. The highest BCUT2D eigenvalue weighted by Crippen LogP contribution is 2.22. The van der Waals surface area contributed by atoms with E-state index in [9.17, 15) is 4.79 Å². The highest BCUT2D eigenvalue weighted by Gasteiger charge is 2.14. The molecule has 124 valence electrons. The first-order valence-corrected chi connectivity index (χ1v) is 8.26. The number of aryl methyl sites for hydroxylation is 1. The van der Waals surface area contributed by atoms with Gasteiger partial charge in [0, 0.05) is 18.8 Å². The third-order valence-corrected chi connectivity index (χ3v) is 4.32. The van der Waals surface area contributed by atoms with Gasteiger partial charge in [-0.25, -0.2) is 4.98 Å². The standard InChI is InChI=1S/C20H23N3O/c1-14(2)23-15(3)21-18-12-16(10-11-19(18)23)13-20(24)22(4)17-8-6-5-7-9-17/h5-12,14H,13H2,1-4H3. The smallest absolute Gasteiger partial charge is 0.231 e. The minimum Gasteiger partial charge on any atom is -0.326 e. The number of hydrogen-bond donors (Lipinski definition) is 0. The molecule has 0 saturated carbocycles. The first-order valence-electron chi connectivity index (χ1n) is 8.26. The molecule has 0 N–H and O–H groups in total. The van der Waals surface area contributed by atoms with Crippen molar-refractivity contribution in [2.45, 2.75) is 33.2 Å². The molecule has 2 aromatic carbocycles. The normalized spacial score (nSPS) is 11.2. The Balaban J connectivity index is 1.84. The number of aromatic nitrogens is 2. The Hall–Kier alpha value is -2.62. The van der Waals surface area contributed by atoms with Gasteiger partial charge in [0.25, 0.3) is 0 Å². The van der Waals surface area contributed by atoms with Gasteiger partial charge in [0.15, 0.2) is 0 Å². The van der Waals surface area contributed by atoms with Crippen LogP contribution in [0.5, 0.6) is 0 Å². The number of nitrogens with zero attached hydrogens (tertiary/aromatic N) is 3. The zero-order valence-corrected chi connectivity index (χ0v) is 14.7. The van der Waals surface area contributed by atoms with Gasteiger partial charge in [-0.2, -0.15) is 0 Å². The summed E-state index contributed by atoms with van der Waals surface area (Å²) in [5.41, 5.74) is 3.97. The zero-order valence-electron chi connectivity index (χ0n) is 14.7. The lowest BCUT2D eigenvalue weighted by Gasteiger charge is -2.17. The fourth-order valence-electron chi connectivity index (χ4n) is 3.12. The molecule has 0 aliphatic heterocycles. The lowest BCUT2D eigenvalue weighted by Crippen LogP contribution is -2.27. The average Bonchev–Trinajstić information content (AvgIpc) is 2.90. The van der Waals surface area contributed by atoms with Crippen molar-refractivity contribution >= 4 is 22.6 Å². The molecule has 0 saturated heterocycles. The van der Waals surface area contributed by atoms with Gasteiger partial charge < -0.3 is 9.47 Å². The fraction of sp³-hybridized carbons (Fsp3) is 0.300. The molecule has 0 atom stereocenters. The van der Waals surface area contributed by atoms with Gasteiger partial charge in [0.05, 0.1) is 17.5 Å². The van der Waals surface area contributed by atoms with Crippen molar-refractivity contribution in [1.82, 2.24) is 9.55 Å². The second-order valence-electron chi connectivity index (χ2n) is 6.41. The van der Waals surface area contributed by atoms with E-state index in [2.05, 4.69) is 29.5 Å². The lowest BCUT2D eigenvalue weighted by molar-refractivity contribution is -0.117. The maximum atomic E-state index is 12.5. The van der Waals surface area contributed by atoms with Crippen LogP contribution in [0.1, 0.15) is 31.3 Å². The van der Waals surface area contributed by atoms with E-state index in [4.69, 9.17) is 0 Å². The topological polar surface area (TPSA) is 38.1 Å². The molecule has 3 rings (SSSR count). The van der Waals surface area contributed by atoms with Crippen molar-refractivity contribution in [3.63, 3.8) is 0 Å². The monoisotopic (exact) mass is 321 g/mol. The van der Waals surface area contributed by atoms with Crippen LogP contribution in [0.15, 0.2) is 48.5 Å². The molecule has 0 spiro atoms. The molecule has 24 heavy (non-hydrogen) atoms. The van der Waals surface area contributed by atoms with Crippen LogP contribution in [0.2, 0.25) is 0 Å². The van der Waals surface area contributed by atoms with Gasteiger partial charge in [-0.3, -0.25) is 4.79 Å². The van der Waals surface area contributed by atoms with Crippen LogP contribution >= 0.6 is 0 Å². The number of imidazole rings is 1. The van der Waals surface area contributed by atoms with E-state index in [1.165, 1.54) is 0 Å². The second-order valence-corrected chi connectivity index (χ2v) is 6.41. The number of para-hydroxylation sites is 1. The Morgan fingerprint density at radius 1 is 1.17 bits per heavy atom. The summed E-state index contributed by atoms with van der Waals surface area (Å²) in [6.07, 6.45) is 0.370. The van der Waals surface area contributed by atoms with E-state index in [1.807, 2.05) is 56.4 Å². The van der Waals surface area contributed by atoms with Crippen molar-refractivity contribution in [2.24, 2.45) is 0 Å². The Morgan fingerprint density at radius 3 is 2.54 bits per heavy atom. The number of carbonyl (C=O) groups excluding carboxylic acids is 1. The van der Waals surface area contributed by atoms with E-state index < -0.39 is 0 Å². The summed E-state index contributed by atoms with van der Waals surface area (Å²) in [7, 11) is 1.81. The quantitative estimate of drug-likeness (QED) is 0.724. The van der Waals surface area contributed by atoms with Gasteiger partial charge in [0.2, 0.25) is 5.91 Å². The molecule has 3 aromatic rings. The summed E-state index contributed by atoms with van der Waals surface area (Å²) in [4.78, 5) is 18.9. The summed E-state index contributed by atoms with van der Waals surface area (Å²) in [6.45, 7) is 6.33. The molecule has 1 aromatic heterocycles. The van der Waals surface area contributed by atoms with E-state index in [0.717, 1.165) is 28.1 Å².